The molecule has 0 heterocycles. The van der Waals surface area contributed by atoms with Crippen LogP contribution in [0.1, 0.15) is 23.6 Å². The normalized spacial score (nSPS) is 9.08. The van der Waals surface area contributed by atoms with E-state index in [0.29, 0.717) is 0 Å². The summed E-state index contributed by atoms with van der Waals surface area (Å²) < 4.78 is 0. The molecule has 24 heavy (non-hydrogen) atoms. The molecule has 0 aliphatic carbocycles. The number of hydrogen-bond donors (Lipinski definition) is 0. The lowest BCUT2D eigenvalue weighted by atomic mass is 10.2. The summed E-state index contributed by atoms with van der Waals surface area (Å²) in [4.78, 5) is 4.56. The van der Waals surface area contributed by atoms with Gasteiger partial charge in [0.05, 0.1) is 0 Å². The first-order valence-electron chi connectivity index (χ1n) is 7.94. The number of anilines is 1. The van der Waals surface area contributed by atoms with E-state index in [1.165, 1.54) is 27.3 Å². The van der Waals surface area contributed by atoms with Crippen LogP contribution in [0, 0.1) is 20.8 Å². The van der Waals surface area contributed by atoms with Gasteiger partial charge in [0.15, 0.2) is 0 Å². The number of thioether (sulfide) groups is 1. The molecule has 0 amide bonds. The SMILES string of the molecule is C=C.C=C(C)Sc1cc(C)ccc1C.Cc1ccc(N(C)C)cc1. The van der Waals surface area contributed by atoms with Gasteiger partial charge in [0.1, 0.15) is 0 Å². The summed E-state index contributed by atoms with van der Waals surface area (Å²) >= 11 is 1.74. The zero-order valence-electron chi connectivity index (χ0n) is 16.0. The quantitative estimate of drug-likeness (QED) is 0.446. The summed E-state index contributed by atoms with van der Waals surface area (Å²) in [5.74, 6) is 0. The monoisotopic (exact) mass is 341 g/mol. The van der Waals surface area contributed by atoms with E-state index in [1.807, 2.05) is 21.0 Å². The second-order valence-electron chi connectivity index (χ2n) is 5.80. The minimum atomic E-state index is 1.14. The zero-order valence-corrected chi connectivity index (χ0v) is 16.8. The number of allylic oxidation sites excluding steroid dienone is 1. The van der Waals surface area contributed by atoms with Crippen molar-refractivity contribution in [1.82, 2.24) is 0 Å². The lowest BCUT2D eigenvalue weighted by molar-refractivity contribution is 1.13. The molecule has 0 saturated carbocycles. The topological polar surface area (TPSA) is 3.24 Å². The molecule has 0 saturated heterocycles. The van der Waals surface area contributed by atoms with Crippen LogP contribution in [0.15, 0.2) is 72.0 Å². The van der Waals surface area contributed by atoms with Crippen LogP contribution < -0.4 is 4.90 Å². The van der Waals surface area contributed by atoms with Gasteiger partial charge in [-0.05, 0) is 61.9 Å². The van der Waals surface area contributed by atoms with Gasteiger partial charge in [-0.3, -0.25) is 0 Å². The number of nitrogens with zero attached hydrogens (tertiary/aromatic N) is 1. The average molecular weight is 342 g/mol. The molecule has 0 unspecified atom stereocenters. The number of rotatable bonds is 3. The summed E-state index contributed by atoms with van der Waals surface area (Å²) in [5, 5.41) is 0. The summed E-state index contributed by atoms with van der Waals surface area (Å²) in [5.41, 5.74) is 5.20. The fourth-order valence-corrected chi connectivity index (χ4v) is 2.70. The van der Waals surface area contributed by atoms with Gasteiger partial charge >= 0.3 is 0 Å². The van der Waals surface area contributed by atoms with Crippen molar-refractivity contribution in [2.75, 3.05) is 19.0 Å². The summed E-state index contributed by atoms with van der Waals surface area (Å²) in [7, 11) is 4.09. The van der Waals surface area contributed by atoms with Crippen molar-refractivity contribution in [2.45, 2.75) is 32.6 Å². The third-order valence-electron chi connectivity index (χ3n) is 3.18. The predicted octanol–water partition coefficient (Wildman–Crippen LogP) is 6.79. The minimum Gasteiger partial charge on any atom is -0.378 e. The van der Waals surface area contributed by atoms with E-state index >= 15 is 0 Å². The van der Waals surface area contributed by atoms with Gasteiger partial charge in [-0.25, -0.2) is 0 Å². The molecule has 2 aromatic carbocycles. The molecule has 2 aromatic rings. The highest BCUT2D eigenvalue weighted by atomic mass is 32.2. The Bertz CT molecular complexity index is 627. The van der Waals surface area contributed by atoms with Crippen LogP contribution in [0.2, 0.25) is 0 Å². The lowest BCUT2D eigenvalue weighted by Gasteiger charge is -2.11. The average Bonchev–Trinajstić information content (AvgIpc) is 2.53. The molecule has 130 valence electrons. The fourth-order valence-electron chi connectivity index (χ4n) is 1.85. The Morgan fingerprint density at radius 3 is 1.83 bits per heavy atom. The van der Waals surface area contributed by atoms with Gasteiger partial charge in [0, 0.05) is 24.7 Å². The van der Waals surface area contributed by atoms with E-state index in [0.717, 1.165) is 4.91 Å². The van der Waals surface area contributed by atoms with Gasteiger partial charge in [-0.15, -0.1) is 13.2 Å². The first-order valence-corrected chi connectivity index (χ1v) is 8.76. The van der Waals surface area contributed by atoms with E-state index in [9.17, 15) is 0 Å². The second-order valence-corrected chi connectivity index (χ2v) is 7.14. The Labute approximate surface area is 153 Å². The van der Waals surface area contributed by atoms with Crippen molar-refractivity contribution in [2.24, 2.45) is 0 Å². The van der Waals surface area contributed by atoms with Crippen LogP contribution in [-0.2, 0) is 0 Å². The third-order valence-corrected chi connectivity index (χ3v) is 4.19. The molecule has 1 nitrogen and oxygen atoms in total. The number of aryl methyl sites for hydroxylation is 3. The number of benzene rings is 2. The van der Waals surface area contributed by atoms with E-state index in [4.69, 9.17) is 0 Å². The van der Waals surface area contributed by atoms with Gasteiger partial charge in [0.25, 0.3) is 0 Å². The molecular weight excluding hydrogens is 310 g/mol. The largest absolute Gasteiger partial charge is 0.378 e. The highest BCUT2D eigenvalue weighted by Gasteiger charge is 1.98. The Morgan fingerprint density at radius 2 is 1.38 bits per heavy atom. The van der Waals surface area contributed by atoms with Crippen LogP contribution in [0.4, 0.5) is 5.69 Å². The maximum absolute atomic E-state index is 3.88. The van der Waals surface area contributed by atoms with Crippen molar-refractivity contribution >= 4 is 17.4 Å². The maximum Gasteiger partial charge on any atom is 0.0361 e. The molecular formula is C22H31NS. The standard InChI is InChI=1S/C11H14S.C9H13N.C2H4/c1-8(2)12-11-7-9(3)5-6-10(11)4;1-8-4-6-9(7-5-8)10(2)3;1-2/h5-7H,1H2,2-4H3;4-7H,1-3H3;1-2H2. The van der Waals surface area contributed by atoms with E-state index in [1.54, 1.807) is 11.8 Å². The molecule has 2 rings (SSSR count). The van der Waals surface area contributed by atoms with Crippen LogP contribution in [0.3, 0.4) is 0 Å². The van der Waals surface area contributed by atoms with E-state index < -0.39 is 0 Å². The minimum absolute atomic E-state index is 1.14. The van der Waals surface area contributed by atoms with Crippen molar-refractivity contribution in [3.8, 4) is 0 Å². The number of hydrogen-bond acceptors (Lipinski definition) is 2. The highest BCUT2D eigenvalue weighted by molar-refractivity contribution is 8.03. The van der Waals surface area contributed by atoms with Gasteiger partial charge < -0.3 is 4.90 Å². The van der Waals surface area contributed by atoms with Crippen molar-refractivity contribution in [3.63, 3.8) is 0 Å². The summed E-state index contributed by atoms with van der Waals surface area (Å²) in [6.07, 6.45) is 0. The smallest absolute Gasteiger partial charge is 0.0361 e. The Hall–Kier alpha value is -1.93. The van der Waals surface area contributed by atoms with Gasteiger partial charge in [-0.1, -0.05) is 48.2 Å². The van der Waals surface area contributed by atoms with Gasteiger partial charge in [0.2, 0.25) is 0 Å². The first-order chi connectivity index (χ1) is 11.3. The molecule has 0 spiro atoms. The molecule has 0 aliphatic rings. The Morgan fingerprint density at radius 1 is 0.875 bits per heavy atom. The second kappa shape index (κ2) is 11.6. The molecule has 0 N–H and O–H groups in total. The van der Waals surface area contributed by atoms with Crippen molar-refractivity contribution in [1.29, 1.82) is 0 Å². The molecule has 0 fully saturated rings. The molecule has 0 bridgehead atoms. The van der Waals surface area contributed by atoms with Crippen LogP contribution >= 0.6 is 11.8 Å². The van der Waals surface area contributed by atoms with Crippen molar-refractivity contribution < 1.29 is 0 Å². The van der Waals surface area contributed by atoms with Crippen LogP contribution in [-0.4, -0.2) is 14.1 Å². The highest BCUT2D eigenvalue weighted by Crippen LogP contribution is 2.28. The molecule has 0 aliphatic heterocycles. The third kappa shape index (κ3) is 8.64. The predicted molar refractivity (Wildman–Crippen MR) is 113 cm³/mol. The Kier molecular flexibility index (Phi) is 10.7. The van der Waals surface area contributed by atoms with Crippen molar-refractivity contribution in [3.05, 3.63) is 83.8 Å². The summed E-state index contributed by atoms with van der Waals surface area (Å²) in [6, 6.07) is 15.0. The summed E-state index contributed by atoms with van der Waals surface area (Å²) in [6.45, 7) is 18.3. The molecule has 0 radical (unpaired) electrons. The fraction of sp³-hybridized carbons (Fsp3) is 0.273. The van der Waals surface area contributed by atoms with Gasteiger partial charge in [-0.2, -0.15) is 0 Å². The molecule has 0 aromatic heterocycles. The zero-order chi connectivity index (χ0) is 18.7. The van der Waals surface area contributed by atoms with E-state index in [-0.39, 0.29) is 0 Å². The molecule has 0 atom stereocenters. The van der Waals surface area contributed by atoms with Crippen LogP contribution in [0.25, 0.3) is 0 Å². The first kappa shape index (κ1) is 22.1. The van der Waals surface area contributed by atoms with E-state index in [2.05, 4.69) is 87.9 Å². The van der Waals surface area contributed by atoms with Crippen LogP contribution in [0.5, 0.6) is 0 Å². The Balaban J connectivity index is 0.000000405. The molecule has 2 heteroatoms. The lowest BCUT2D eigenvalue weighted by Crippen LogP contribution is -2.07. The maximum atomic E-state index is 3.88.